The van der Waals surface area contributed by atoms with E-state index in [1.807, 2.05) is 0 Å². The molecule has 7 aliphatic carbocycles. The molecule has 90 heavy (non-hydrogen) atoms. The Morgan fingerprint density at radius 3 is 1.48 bits per heavy atom. The Hall–Kier alpha value is -9.76. The third-order valence-electron chi connectivity index (χ3n) is 21.3. The average Bonchev–Trinajstić information content (AvgIpc) is 1.52. The van der Waals surface area contributed by atoms with Crippen molar-refractivity contribution in [1.82, 2.24) is 4.90 Å². The molecule has 0 amide bonds. The van der Waals surface area contributed by atoms with Gasteiger partial charge in [-0.2, -0.15) is 0 Å². The van der Waals surface area contributed by atoms with E-state index in [1.54, 1.807) is 11.1 Å². The molecule has 2 nitrogen and oxygen atoms in total. The summed E-state index contributed by atoms with van der Waals surface area (Å²) >= 11 is 0. The zero-order valence-electron chi connectivity index (χ0n) is 51.3. The van der Waals surface area contributed by atoms with Crippen LogP contribution in [0.2, 0.25) is 0 Å². The molecule has 436 valence electrons. The van der Waals surface area contributed by atoms with Crippen molar-refractivity contribution in [3.8, 4) is 33.4 Å². The summed E-state index contributed by atoms with van der Waals surface area (Å²) < 4.78 is 0. The van der Waals surface area contributed by atoms with Crippen LogP contribution in [0, 0.1) is 0 Å². The molecule has 0 radical (unpaired) electrons. The Bertz CT molecular complexity index is 4680. The smallest absolute Gasteiger partial charge is 0.0560 e. The van der Waals surface area contributed by atoms with Gasteiger partial charge < -0.3 is 9.80 Å². The molecule has 0 aromatic heterocycles. The lowest BCUT2D eigenvalue weighted by Crippen LogP contribution is -2.36. The Balaban J connectivity index is 0.723. The van der Waals surface area contributed by atoms with Crippen molar-refractivity contribution in [2.24, 2.45) is 0 Å². The molecule has 0 aliphatic heterocycles. The van der Waals surface area contributed by atoms with E-state index in [-0.39, 0.29) is 10.8 Å². The van der Waals surface area contributed by atoms with Crippen molar-refractivity contribution in [3.63, 3.8) is 0 Å². The lowest BCUT2D eigenvalue weighted by Gasteiger charge is -2.40. The van der Waals surface area contributed by atoms with Crippen LogP contribution in [0.5, 0.6) is 0 Å². The summed E-state index contributed by atoms with van der Waals surface area (Å²) in [7, 11) is 0. The fourth-order valence-corrected chi connectivity index (χ4v) is 17.3. The van der Waals surface area contributed by atoms with E-state index in [2.05, 4.69) is 295 Å². The van der Waals surface area contributed by atoms with E-state index in [0.717, 1.165) is 32.1 Å². The minimum Gasteiger partial charge on any atom is -0.338 e. The Morgan fingerprint density at radius 1 is 0.411 bits per heavy atom. The number of benzene rings is 10. The second-order valence-electron chi connectivity index (χ2n) is 26.3. The van der Waals surface area contributed by atoms with Gasteiger partial charge in [0.25, 0.3) is 0 Å². The summed E-state index contributed by atoms with van der Waals surface area (Å²) in [5.41, 5.74) is 28.3. The number of para-hydroxylation sites is 2. The van der Waals surface area contributed by atoms with Crippen LogP contribution in [-0.4, -0.2) is 10.9 Å². The summed E-state index contributed by atoms with van der Waals surface area (Å²) in [4.78, 5) is 5.11. The molecular weight excluding hydrogens is 1080 g/mol. The second-order valence-corrected chi connectivity index (χ2v) is 26.3. The van der Waals surface area contributed by atoms with Crippen molar-refractivity contribution in [2.45, 2.75) is 100 Å². The Morgan fingerprint density at radius 2 is 0.922 bits per heavy atom. The van der Waals surface area contributed by atoms with Gasteiger partial charge in [0.15, 0.2) is 0 Å². The number of hydrogen-bond acceptors (Lipinski definition) is 2. The van der Waals surface area contributed by atoms with Crippen LogP contribution in [0.15, 0.2) is 278 Å². The third-order valence-corrected chi connectivity index (χ3v) is 21.3. The third kappa shape index (κ3) is 9.28. The minimum atomic E-state index is -0.00302. The first-order valence-corrected chi connectivity index (χ1v) is 33.4. The maximum Gasteiger partial charge on any atom is 0.0560 e. The monoisotopic (exact) mass is 1160 g/mol. The molecule has 17 rings (SSSR count). The van der Waals surface area contributed by atoms with Crippen molar-refractivity contribution in [2.75, 3.05) is 4.90 Å². The molecule has 1 unspecified atom stereocenters. The van der Waals surface area contributed by atoms with Crippen LogP contribution >= 0.6 is 0 Å². The van der Waals surface area contributed by atoms with Crippen LogP contribution < -0.4 is 4.90 Å². The summed E-state index contributed by atoms with van der Waals surface area (Å²) in [6.45, 7) is 0. The maximum atomic E-state index is 2.69. The zero-order chi connectivity index (χ0) is 59.6. The van der Waals surface area contributed by atoms with Crippen LogP contribution in [0.25, 0.3) is 84.8 Å². The van der Waals surface area contributed by atoms with Gasteiger partial charge in [-0.3, -0.25) is 0 Å². The molecule has 0 bridgehead atoms. The molecule has 10 aromatic rings. The number of nitrogens with zero attached hydrogens (tertiary/aromatic N) is 2. The number of hydrogen-bond donors (Lipinski definition) is 0. The van der Waals surface area contributed by atoms with Crippen molar-refractivity contribution in [1.29, 1.82) is 0 Å². The van der Waals surface area contributed by atoms with Crippen LogP contribution in [0.4, 0.5) is 17.1 Å². The van der Waals surface area contributed by atoms with E-state index in [4.69, 9.17) is 0 Å². The van der Waals surface area contributed by atoms with Gasteiger partial charge >= 0.3 is 0 Å². The molecule has 0 N–H and O–H groups in total. The Kier molecular flexibility index (Phi) is 13.7. The van der Waals surface area contributed by atoms with Crippen molar-refractivity contribution >= 4 is 68.5 Å². The van der Waals surface area contributed by atoms with E-state index in [9.17, 15) is 0 Å². The van der Waals surface area contributed by atoms with Crippen LogP contribution in [0.1, 0.15) is 128 Å². The number of allylic oxidation sites excluding steroid dienone is 9. The predicted octanol–water partition coefficient (Wildman–Crippen LogP) is 23.7. The molecule has 1 atom stereocenters. The molecule has 7 aliphatic rings. The van der Waals surface area contributed by atoms with E-state index in [0.29, 0.717) is 6.04 Å². The molecule has 2 heteroatoms. The number of rotatable bonds is 12. The van der Waals surface area contributed by atoms with Gasteiger partial charge in [-0.1, -0.05) is 250 Å². The number of anilines is 3. The molecule has 0 heterocycles. The van der Waals surface area contributed by atoms with Crippen molar-refractivity contribution < 1.29 is 0 Å². The highest BCUT2D eigenvalue weighted by Crippen LogP contribution is 2.60. The molecule has 0 saturated heterocycles. The van der Waals surface area contributed by atoms with Gasteiger partial charge in [-0.25, -0.2) is 0 Å². The maximum absolute atomic E-state index is 2.69. The van der Waals surface area contributed by atoms with Gasteiger partial charge in [-0.05, 0) is 229 Å². The number of fused-ring (bicyclic) bond motifs is 12. The summed E-state index contributed by atoms with van der Waals surface area (Å²) in [5.74, 6) is 0. The quantitative estimate of drug-likeness (QED) is 0.0889. The van der Waals surface area contributed by atoms with Crippen molar-refractivity contribution in [3.05, 3.63) is 322 Å². The first-order valence-electron chi connectivity index (χ1n) is 33.4. The fraction of sp³-hybridized carbons (Fsp3) is 0.182. The largest absolute Gasteiger partial charge is 0.338 e. The predicted molar refractivity (Wildman–Crippen MR) is 382 cm³/mol. The topological polar surface area (TPSA) is 6.48 Å². The zero-order valence-corrected chi connectivity index (χ0v) is 51.3. The summed E-state index contributed by atoms with van der Waals surface area (Å²) in [6, 6.07) is 80.5. The van der Waals surface area contributed by atoms with Gasteiger partial charge in [0.1, 0.15) is 0 Å². The highest BCUT2D eigenvalue weighted by molar-refractivity contribution is 6.22. The average molecular weight is 1160 g/mol. The molecular formula is C88H74N2. The Labute approximate surface area is 531 Å². The van der Waals surface area contributed by atoms with E-state index < -0.39 is 0 Å². The minimum absolute atomic E-state index is 0.00302. The van der Waals surface area contributed by atoms with Crippen LogP contribution in [-0.2, 0) is 10.8 Å². The van der Waals surface area contributed by atoms with Gasteiger partial charge in [0.2, 0.25) is 0 Å². The summed E-state index contributed by atoms with van der Waals surface area (Å²) in [6.07, 6.45) is 44.1. The van der Waals surface area contributed by atoms with Gasteiger partial charge in [0, 0.05) is 39.3 Å². The van der Waals surface area contributed by atoms with Crippen LogP contribution in [0.3, 0.4) is 0 Å². The second kappa shape index (κ2) is 22.7. The standard InChI is InChI=1S/C88H74N2/c1-7-23-65(24-8-1)85-77-47-41-61(35-37-63-39-45-73-75-49-43-71(59-83(75)87(81(73)57-63)51-19-20-52-87)89(67-27-11-3-12-28-67)68-29-13-4-14-30-68)55-79(77)80-56-62(42-48-78(80)86(85)66-25-9-2-10-26-66)36-38-64-40-46-74-76-50-44-72(60-84(76)88(82(74)58-64)53-21-22-54-88)90(69-31-15-5-16-32-69)70-33-17-6-18-34-70/h1-5,7-15,17,23-31,33-50,55-59,72H,6,16,18-22,32,51-54,60H2/b37-35+,38-36+. The van der Waals surface area contributed by atoms with Gasteiger partial charge in [-0.15, -0.1) is 0 Å². The van der Waals surface area contributed by atoms with Gasteiger partial charge in [0.05, 0.1) is 6.04 Å². The molecule has 10 aromatic carbocycles. The highest BCUT2D eigenvalue weighted by atomic mass is 15.2. The fourth-order valence-electron chi connectivity index (χ4n) is 17.3. The van der Waals surface area contributed by atoms with E-state index >= 15 is 0 Å². The van der Waals surface area contributed by atoms with E-state index in [1.165, 1.54) is 179 Å². The molecule has 2 spiro atoms. The first-order chi connectivity index (χ1) is 44.6. The SMILES string of the molecule is C1=CCCC(N(C2=CCCC=C2)C2C=CC3=C(C2)C2(CCCC2)c2cc(/C=C/c4ccc5c(-c6ccccc6)c(-c6ccccc6)c6ccc(/C=C/c7ccc8c(c7)C7(CCCC7)c7cc(N(c9ccccc9)c9ccccc9)ccc7-8)cc6c5c4)ccc23)=C1. The molecule has 2 fully saturated rings. The molecule has 2 saturated carbocycles. The summed E-state index contributed by atoms with van der Waals surface area (Å²) in [5, 5.41) is 5.05. The highest BCUT2D eigenvalue weighted by Gasteiger charge is 2.49. The lowest BCUT2D eigenvalue weighted by molar-refractivity contribution is 0.339. The first kappa shape index (κ1) is 54.4. The normalized spacial score (nSPS) is 18.2. The lowest BCUT2D eigenvalue weighted by atomic mass is 9.72.